The molecule has 0 aromatic rings. The van der Waals surface area contributed by atoms with Crippen LogP contribution in [-0.2, 0) is 32.7 Å². The van der Waals surface area contributed by atoms with Crippen molar-refractivity contribution in [2.45, 2.75) is 264 Å². The van der Waals surface area contributed by atoms with Gasteiger partial charge in [-0.1, -0.05) is 258 Å². The molecule has 0 N–H and O–H groups in total. The van der Waals surface area contributed by atoms with Gasteiger partial charge in [-0.05, 0) is 96.3 Å². The molecule has 0 aliphatic carbocycles. The fourth-order valence-corrected chi connectivity index (χ4v) is 9.23. The third-order valence-corrected chi connectivity index (χ3v) is 14.3. The molecule has 10 heteroatoms. The second kappa shape index (κ2) is 58.3. The standard InChI is InChI=1S/C68H118NO8P/c1-6-8-10-12-14-16-18-20-22-24-25-26-27-28-29-30-31-32-33-34-35-36-37-38-39-40-41-42-43-45-47-49-51-53-55-57-59-61-68(71)77-66(65-76-78(72,73)75-63-62-69(3,4)5)64-74-67(70)60-58-56-54-52-50-48-46-44-23-21-19-17-15-13-11-9-7-2/h8-11,14-17,20-23,25-26,28-29,31-32,66H,6-7,12-13,18-19,24,27,30,33-65H2,1-5H3/b10-8-,11-9-,16-14-,17-15-,22-20-,23-21-,26-25-,29-28-,32-31-. The highest BCUT2D eigenvalue weighted by Gasteiger charge is 2.22. The molecule has 0 aromatic carbocycles. The number of phosphoric ester groups is 1. The number of hydrogen-bond donors (Lipinski definition) is 0. The van der Waals surface area contributed by atoms with E-state index in [-0.39, 0.29) is 26.1 Å². The van der Waals surface area contributed by atoms with Crippen LogP contribution in [0.25, 0.3) is 0 Å². The van der Waals surface area contributed by atoms with Crippen LogP contribution in [0.5, 0.6) is 0 Å². The van der Waals surface area contributed by atoms with Gasteiger partial charge >= 0.3 is 11.9 Å². The van der Waals surface area contributed by atoms with Crippen LogP contribution in [0.15, 0.2) is 109 Å². The molecule has 0 fully saturated rings. The average Bonchev–Trinajstić information content (AvgIpc) is 3.41. The Kier molecular flexibility index (Phi) is 55.8. The first-order chi connectivity index (χ1) is 38.0. The van der Waals surface area contributed by atoms with Gasteiger partial charge < -0.3 is 27.9 Å². The highest BCUT2D eigenvalue weighted by molar-refractivity contribution is 7.45. The van der Waals surface area contributed by atoms with Crippen LogP contribution < -0.4 is 4.89 Å². The Morgan fingerprint density at radius 3 is 1.03 bits per heavy atom. The van der Waals surface area contributed by atoms with E-state index in [1.54, 1.807) is 0 Å². The van der Waals surface area contributed by atoms with E-state index in [9.17, 15) is 19.0 Å². The van der Waals surface area contributed by atoms with Crippen LogP contribution in [0.3, 0.4) is 0 Å². The number of phosphoric acid groups is 1. The first-order valence-corrected chi connectivity index (χ1v) is 33.1. The van der Waals surface area contributed by atoms with E-state index < -0.39 is 32.5 Å². The van der Waals surface area contributed by atoms with Crippen molar-refractivity contribution in [3.05, 3.63) is 109 Å². The molecule has 0 bridgehead atoms. The summed E-state index contributed by atoms with van der Waals surface area (Å²) in [5, 5.41) is 0. The van der Waals surface area contributed by atoms with Crippen LogP contribution in [0.4, 0.5) is 0 Å². The molecule has 9 nitrogen and oxygen atoms in total. The first-order valence-electron chi connectivity index (χ1n) is 31.6. The predicted octanol–water partition coefficient (Wildman–Crippen LogP) is 19.5. The fraction of sp³-hybridized carbons (Fsp3) is 0.706. The molecule has 0 amide bonds. The molecular weight excluding hydrogens is 990 g/mol. The van der Waals surface area contributed by atoms with Crippen molar-refractivity contribution in [2.24, 2.45) is 0 Å². The SMILES string of the molecule is CC/C=C\C/C=C\C/C=C\C/C=C\C/C=C\C/C=C\CCCCCCCCCCCCCCCCCCCCC(=O)OC(COC(=O)CCCCCCCCC/C=C\C/C=C\C/C=C\CC)COP(=O)([O-])OCC[N+](C)(C)C. The highest BCUT2D eigenvalue weighted by atomic mass is 31.2. The number of rotatable bonds is 57. The van der Waals surface area contributed by atoms with E-state index in [1.807, 2.05) is 21.1 Å². The molecule has 0 saturated heterocycles. The quantitative estimate of drug-likeness (QED) is 0.0195. The summed E-state index contributed by atoms with van der Waals surface area (Å²) in [6.45, 7) is 4.01. The molecular formula is C68H118NO8P. The maximum Gasteiger partial charge on any atom is 0.306 e. The Labute approximate surface area is 480 Å². The number of likely N-dealkylation sites (N-methyl/N-ethyl adjacent to an activating group) is 1. The minimum atomic E-state index is -4.64. The summed E-state index contributed by atoms with van der Waals surface area (Å²) in [5.74, 6) is -0.843. The van der Waals surface area contributed by atoms with Crippen molar-refractivity contribution in [1.29, 1.82) is 0 Å². The molecule has 0 saturated carbocycles. The van der Waals surface area contributed by atoms with Gasteiger partial charge in [0.2, 0.25) is 0 Å². The van der Waals surface area contributed by atoms with Crippen LogP contribution in [0, 0.1) is 0 Å². The lowest BCUT2D eigenvalue weighted by molar-refractivity contribution is -0.870. The zero-order valence-electron chi connectivity index (χ0n) is 50.8. The smallest absolute Gasteiger partial charge is 0.306 e. The van der Waals surface area contributed by atoms with Crippen molar-refractivity contribution >= 4 is 19.8 Å². The second-order valence-electron chi connectivity index (χ2n) is 22.0. The van der Waals surface area contributed by atoms with Gasteiger partial charge in [-0.3, -0.25) is 14.2 Å². The number of carbonyl (C=O) groups excluding carboxylic acids is 2. The normalized spacial score (nSPS) is 14.0. The van der Waals surface area contributed by atoms with Crippen molar-refractivity contribution < 1.29 is 42.1 Å². The zero-order chi connectivity index (χ0) is 57.0. The van der Waals surface area contributed by atoms with Gasteiger partial charge in [-0.2, -0.15) is 0 Å². The molecule has 2 unspecified atom stereocenters. The summed E-state index contributed by atoms with van der Waals surface area (Å²) in [5.41, 5.74) is 0. The molecule has 0 aromatic heterocycles. The van der Waals surface area contributed by atoms with E-state index in [1.165, 1.54) is 116 Å². The van der Waals surface area contributed by atoms with Crippen molar-refractivity contribution in [3.8, 4) is 0 Å². The monoisotopic (exact) mass is 1110 g/mol. The lowest BCUT2D eigenvalue weighted by Crippen LogP contribution is -2.37. The van der Waals surface area contributed by atoms with Gasteiger partial charge in [0, 0.05) is 12.8 Å². The summed E-state index contributed by atoms with van der Waals surface area (Å²) in [6, 6.07) is 0. The molecule has 448 valence electrons. The largest absolute Gasteiger partial charge is 0.756 e. The number of nitrogens with zero attached hydrogens (tertiary/aromatic N) is 1. The minimum Gasteiger partial charge on any atom is -0.756 e. The van der Waals surface area contributed by atoms with Gasteiger partial charge in [-0.25, -0.2) is 0 Å². The molecule has 0 heterocycles. The van der Waals surface area contributed by atoms with Crippen molar-refractivity contribution in [1.82, 2.24) is 0 Å². The lowest BCUT2D eigenvalue weighted by atomic mass is 10.0. The molecule has 2 atom stereocenters. The van der Waals surface area contributed by atoms with E-state index in [4.69, 9.17) is 18.5 Å². The van der Waals surface area contributed by atoms with Crippen LogP contribution in [0.1, 0.15) is 258 Å². The Bertz CT molecular complexity index is 1680. The summed E-state index contributed by atoms with van der Waals surface area (Å²) >= 11 is 0. The van der Waals surface area contributed by atoms with E-state index in [0.29, 0.717) is 17.4 Å². The van der Waals surface area contributed by atoms with E-state index in [0.717, 1.165) is 109 Å². The molecule has 0 aliphatic rings. The van der Waals surface area contributed by atoms with Crippen LogP contribution >= 0.6 is 7.82 Å². The summed E-state index contributed by atoms with van der Waals surface area (Å²) in [7, 11) is 1.16. The summed E-state index contributed by atoms with van der Waals surface area (Å²) in [4.78, 5) is 37.9. The zero-order valence-corrected chi connectivity index (χ0v) is 51.7. The molecule has 0 aliphatic heterocycles. The number of ether oxygens (including phenoxy) is 2. The Balaban J connectivity index is 4.02. The Morgan fingerprint density at radius 2 is 0.692 bits per heavy atom. The number of quaternary nitrogens is 1. The van der Waals surface area contributed by atoms with Crippen LogP contribution in [-0.4, -0.2) is 70.0 Å². The Morgan fingerprint density at radius 1 is 0.397 bits per heavy atom. The third kappa shape index (κ3) is 61.9. The topological polar surface area (TPSA) is 111 Å². The molecule has 0 rings (SSSR count). The minimum absolute atomic E-state index is 0.0358. The first kappa shape index (κ1) is 74.7. The molecule has 78 heavy (non-hydrogen) atoms. The summed E-state index contributed by atoms with van der Waals surface area (Å²) in [6.07, 6.45) is 81.6. The highest BCUT2D eigenvalue weighted by Crippen LogP contribution is 2.38. The third-order valence-electron chi connectivity index (χ3n) is 13.3. The Hall–Kier alpha value is -3.33. The molecule has 0 radical (unpaired) electrons. The number of allylic oxidation sites excluding steroid dienone is 18. The maximum absolute atomic E-state index is 12.8. The summed E-state index contributed by atoms with van der Waals surface area (Å²) < 4.78 is 34.2. The molecule has 0 spiro atoms. The van der Waals surface area contributed by atoms with Gasteiger partial charge in [0.1, 0.15) is 19.8 Å². The van der Waals surface area contributed by atoms with Gasteiger partial charge in [0.15, 0.2) is 6.10 Å². The van der Waals surface area contributed by atoms with Crippen molar-refractivity contribution in [2.75, 3.05) is 47.5 Å². The average molecular weight is 1110 g/mol. The maximum atomic E-state index is 12.8. The van der Waals surface area contributed by atoms with Gasteiger partial charge in [-0.15, -0.1) is 0 Å². The van der Waals surface area contributed by atoms with Gasteiger partial charge in [0.25, 0.3) is 7.82 Å². The number of hydrogen-bond acceptors (Lipinski definition) is 8. The van der Waals surface area contributed by atoms with E-state index >= 15 is 0 Å². The van der Waals surface area contributed by atoms with Crippen molar-refractivity contribution in [3.63, 3.8) is 0 Å². The van der Waals surface area contributed by atoms with Gasteiger partial charge in [0.05, 0.1) is 27.7 Å². The number of esters is 2. The van der Waals surface area contributed by atoms with E-state index in [2.05, 4.69) is 123 Å². The predicted molar refractivity (Wildman–Crippen MR) is 332 cm³/mol. The number of carbonyl (C=O) groups is 2. The lowest BCUT2D eigenvalue weighted by Gasteiger charge is -2.28. The number of unbranched alkanes of at least 4 members (excludes halogenated alkanes) is 25. The fourth-order valence-electron chi connectivity index (χ4n) is 8.50. The second-order valence-corrected chi connectivity index (χ2v) is 23.4. The van der Waals surface area contributed by atoms with Crippen LogP contribution in [0.2, 0.25) is 0 Å².